The lowest BCUT2D eigenvalue weighted by Crippen LogP contribution is -2.31. The summed E-state index contributed by atoms with van der Waals surface area (Å²) in [5.41, 5.74) is 5.80. The number of nitrogens with two attached hydrogens (primary N) is 1. The van der Waals surface area contributed by atoms with E-state index >= 15 is 0 Å². The third-order valence-corrected chi connectivity index (χ3v) is 2.59. The highest BCUT2D eigenvalue weighted by atomic mass is 79.9. The second kappa shape index (κ2) is 3.09. The monoisotopic (exact) mass is 329 g/mol. The molecule has 1 unspecified atom stereocenters. The predicted molar refractivity (Wildman–Crippen MR) is 54.5 cm³/mol. The Bertz CT molecular complexity index is 205. The van der Waals surface area contributed by atoms with Crippen molar-refractivity contribution in [1.82, 2.24) is 0 Å². The van der Waals surface area contributed by atoms with E-state index in [1.165, 1.54) is 0 Å². The van der Waals surface area contributed by atoms with Crippen molar-refractivity contribution in [3.63, 3.8) is 0 Å². The van der Waals surface area contributed by atoms with Crippen molar-refractivity contribution in [2.24, 2.45) is 5.73 Å². The summed E-state index contributed by atoms with van der Waals surface area (Å²) in [6, 6.07) is 0. The molecule has 2 N–H and O–H groups in total. The zero-order chi connectivity index (χ0) is 7.78. The summed E-state index contributed by atoms with van der Waals surface area (Å²) in [5.74, 6) is 0. The first-order valence-corrected chi connectivity index (χ1v) is 5.10. The van der Waals surface area contributed by atoms with Gasteiger partial charge in [-0.05, 0) is 16.6 Å². The van der Waals surface area contributed by atoms with Crippen molar-refractivity contribution in [3.8, 4) is 0 Å². The fraction of sp³-hybridized carbons (Fsp3) is 0.333. The van der Waals surface area contributed by atoms with Crippen LogP contribution in [-0.4, -0.2) is 4.45 Å². The van der Waals surface area contributed by atoms with Crippen molar-refractivity contribution in [1.29, 1.82) is 0 Å². The van der Waals surface area contributed by atoms with E-state index in [2.05, 4.69) is 47.8 Å². The number of alkyl halides is 1. The van der Waals surface area contributed by atoms with E-state index in [9.17, 15) is 0 Å². The molecule has 0 bridgehead atoms. The highest BCUT2D eigenvalue weighted by Crippen LogP contribution is 2.33. The number of hydrogen-bond acceptors (Lipinski definition) is 1. The average molecular weight is 332 g/mol. The van der Waals surface area contributed by atoms with Gasteiger partial charge in [0.15, 0.2) is 0 Å². The molecular formula is C6H6Br3N. The number of allylic oxidation sites excluding steroid dienone is 2. The van der Waals surface area contributed by atoms with Crippen LogP contribution in [0.4, 0.5) is 0 Å². The zero-order valence-electron chi connectivity index (χ0n) is 5.07. The van der Waals surface area contributed by atoms with Crippen LogP contribution in [0.2, 0.25) is 0 Å². The molecule has 0 fully saturated rings. The molecule has 0 aromatic heterocycles. The fourth-order valence-electron chi connectivity index (χ4n) is 0.781. The van der Waals surface area contributed by atoms with Crippen LogP contribution in [0.5, 0.6) is 0 Å². The molecule has 1 atom stereocenters. The summed E-state index contributed by atoms with van der Waals surface area (Å²) in [4.78, 5) is 0. The second-order valence-corrected chi connectivity index (χ2v) is 5.63. The van der Waals surface area contributed by atoms with Crippen LogP contribution < -0.4 is 5.73 Å². The number of rotatable bonds is 0. The fourth-order valence-corrected chi connectivity index (χ4v) is 3.72. The van der Waals surface area contributed by atoms with Gasteiger partial charge >= 0.3 is 0 Å². The molecule has 0 aromatic rings. The molecule has 4 heteroatoms. The van der Waals surface area contributed by atoms with Gasteiger partial charge in [0, 0.05) is 10.9 Å². The minimum atomic E-state index is -0.389. The van der Waals surface area contributed by atoms with Crippen LogP contribution >= 0.6 is 47.8 Å². The van der Waals surface area contributed by atoms with Crippen molar-refractivity contribution < 1.29 is 0 Å². The first kappa shape index (κ1) is 8.97. The summed E-state index contributed by atoms with van der Waals surface area (Å²) in [5, 5.41) is 0. The van der Waals surface area contributed by atoms with Crippen molar-refractivity contribution >= 4 is 47.8 Å². The van der Waals surface area contributed by atoms with Crippen LogP contribution in [0.15, 0.2) is 21.1 Å². The summed E-state index contributed by atoms with van der Waals surface area (Å²) < 4.78 is 1.71. The lowest BCUT2D eigenvalue weighted by Gasteiger charge is -2.21. The smallest absolute Gasteiger partial charge is 0.0962 e. The highest BCUT2D eigenvalue weighted by molar-refractivity contribution is 9.12. The van der Waals surface area contributed by atoms with Crippen LogP contribution in [0.1, 0.15) is 6.42 Å². The van der Waals surface area contributed by atoms with Gasteiger partial charge < -0.3 is 5.73 Å². The Morgan fingerprint density at radius 2 is 2.10 bits per heavy atom. The number of halogens is 3. The van der Waals surface area contributed by atoms with Gasteiger partial charge in [-0.3, -0.25) is 0 Å². The average Bonchev–Trinajstić information content (AvgIpc) is 1.54. The van der Waals surface area contributed by atoms with E-state index in [0.29, 0.717) is 0 Å². The third-order valence-electron chi connectivity index (χ3n) is 1.11. The van der Waals surface area contributed by atoms with Gasteiger partial charge in [0.1, 0.15) is 0 Å². The molecular weight excluding hydrogens is 326 g/mol. The molecule has 0 saturated heterocycles. The molecule has 0 amide bonds. The first-order valence-electron chi connectivity index (χ1n) is 2.72. The van der Waals surface area contributed by atoms with Gasteiger partial charge in [-0.2, -0.15) is 0 Å². The molecule has 0 heterocycles. The lowest BCUT2D eigenvalue weighted by molar-refractivity contribution is 0.768. The Labute approximate surface area is 85.1 Å². The Balaban J connectivity index is 2.88. The topological polar surface area (TPSA) is 26.0 Å². The van der Waals surface area contributed by atoms with Gasteiger partial charge in [-0.25, -0.2) is 0 Å². The van der Waals surface area contributed by atoms with E-state index in [-0.39, 0.29) is 4.45 Å². The maximum absolute atomic E-state index is 5.80. The normalized spacial score (nSPS) is 33.2. The van der Waals surface area contributed by atoms with Gasteiger partial charge in [-0.15, -0.1) is 0 Å². The third kappa shape index (κ3) is 2.49. The Morgan fingerprint density at radius 1 is 1.50 bits per heavy atom. The molecule has 0 aromatic carbocycles. The Hall–Kier alpha value is 0.880. The molecule has 0 radical (unpaired) electrons. The van der Waals surface area contributed by atoms with Crippen LogP contribution in [-0.2, 0) is 0 Å². The molecule has 1 nitrogen and oxygen atoms in total. The molecule has 56 valence electrons. The summed E-state index contributed by atoms with van der Waals surface area (Å²) >= 11 is 10.1. The van der Waals surface area contributed by atoms with Gasteiger partial charge in [0.05, 0.1) is 4.45 Å². The van der Waals surface area contributed by atoms with E-state index in [1.54, 1.807) is 0 Å². The zero-order valence-corrected chi connectivity index (χ0v) is 9.83. The SMILES string of the molecule is NC1(Br)C=C(Br)C=C(Br)C1. The first-order chi connectivity index (χ1) is 4.49. The molecule has 1 aliphatic carbocycles. The quantitative estimate of drug-likeness (QED) is 0.536. The van der Waals surface area contributed by atoms with Crippen molar-refractivity contribution in [3.05, 3.63) is 21.1 Å². The van der Waals surface area contributed by atoms with Crippen molar-refractivity contribution in [2.45, 2.75) is 10.9 Å². The van der Waals surface area contributed by atoms with Gasteiger partial charge in [0.25, 0.3) is 0 Å². The maximum atomic E-state index is 5.80. The molecule has 1 rings (SSSR count). The lowest BCUT2D eigenvalue weighted by atomic mass is 10.1. The minimum Gasteiger partial charge on any atom is -0.313 e. The summed E-state index contributed by atoms with van der Waals surface area (Å²) in [6.07, 6.45) is 4.71. The van der Waals surface area contributed by atoms with Crippen LogP contribution in [0, 0.1) is 0 Å². The Morgan fingerprint density at radius 3 is 2.50 bits per heavy atom. The summed E-state index contributed by atoms with van der Waals surface area (Å²) in [7, 11) is 0. The van der Waals surface area contributed by atoms with Crippen LogP contribution in [0.3, 0.4) is 0 Å². The van der Waals surface area contributed by atoms with E-state index in [0.717, 1.165) is 15.4 Å². The maximum Gasteiger partial charge on any atom is 0.0962 e. The van der Waals surface area contributed by atoms with Crippen molar-refractivity contribution in [2.75, 3.05) is 0 Å². The molecule has 0 aliphatic heterocycles. The molecule has 0 spiro atoms. The van der Waals surface area contributed by atoms with Gasteiger partial charge in [0.2, 0.25) is 0 Å². The second-order valence-electron chi connectivity index (χ2n) is 2.22. The molecule has 1 aliphatic rings. The molecule has 0 saturated carbocycles. The molecule has 10 heavy (non-hydrogen) atoms. The highest BCUT2D eigenvalue weighted by Gasteiger charge is 2.22. The summed E-state index contributed by atoms with van der Waals surface area (Å²) in [6.45, 7) is 0. The minimum absolute atomic E-state index is 0.389. The largest absolute Gasteiger partial charge is 0.313 e. The Kier molecular flexibility index (Phi) is 2.77. The van der Waals surface area contributed by atoms with E-state index in [1.807, 2.05) is 12.2 Å². The van der Waals surface area contributed by atoms with E-state index in [4.69, 9.17) is 5.73 Å². The van der Waals surface area contributed by atoms with Gasteiger partial charge in [-0.1, -0.05) is 47.8 Å². The standard InChI is InChI=1S/C6H6Br3N/c7-4-1-5(8)3-6(9,10)2-4/h1-2H,3,10H2. The van der Waals surface area contributed by atoms with Crippen LogP contribution in [0.25, 0.3) is 0 Å². The predicted octanol–water partition coefficient (Wildman–Crippen LogP) is 3.00. The number of hydrogen-bond donors (Lipinski definition) is 1. The van der Waals surface area contributed by atoms with E-state index < -0.39 is 0 Å².